The number of hydrogen-bond donors (Lipinski definition) is 1. The molecule has 3 aromatic carbocycles. The van der Waals surface area contributed by atoms with Gasteiger partial charge in [-0.2, -0.15) is 0 Å². The number of para-hydroxylation sites is 2. The first-order chi connectivity index (χ1) is 19.1. The summed E-state index contributed by atoms with van der Waals surface area (Å²) < 4.78 is 8.94. The topological polar surface area (TPSA) is 102 Å². The van der Waals surface area contributed by atoms with Crippen LogP contribution in [0.2, 0.25) is 5.32 Å². The van der Waals surface area contributed by atoms with Crippen molar-refractivity contribution in [1.82, 2.24) is 19.5 Å². The van der Waals surface area contributed by atoms with Crippen molar-refractivity contribution in [1.29, 1.82) is 0 Å². The second-order valence-corrected chi connectivity index (χ2v) is 10.9. The number of nitrogens with one attached hydrogen (secondary N) is 1. The molecule has 0 bridgehead atoms. The number of ether oxygens (including phenoxy) is 1. The van der Waals surface area contributed by atoms with E-state index in [2.05, 4.69) is 32.4 Å². The maximum absolute atomic E-state index is 14.1. The van der Waals surface area contributed by atoms with E-state index in [0.29, 0.717) is 44.1 Å². The molecule has 1 N–H and O–H groups in total. The third-order valence-corrected chi connectivity index (χ3v) is 7.70. The number of hydrogen-bond acceptors (Lipinski definition) is 6. The Hall–Kier alpha value is -4.37. The zero-order valence-corrected chi connectivity index (χ0v) is 22.9. The van der Waals surface area contributed by atoms with Crippen molar-refractivity contribution in [2.75, 3.05) is 16.8 Å². The van der Waals surface area contributed by atoms with Crippen LogP contribution in [-0.2, 0) is 16.3 Å². The number of fused-ring (bicyclic) bond motifs is 1. The second kappa shape index (κ2) is 12.4. The number of carbonyl (C=O) groups is 2. The van der Waals surface area contributed by atoms with Crippen LogP contribution in [0.4, 0.5) is 17.3 Å². The standard InChI is InChI=1S/C29H26N6O3Se/c1-21(36)31-29-32-26(28(37)35(22-11-5-2-6-12-22)23-13-7-3-8-14-23)25-27(33-29)34(19-30-25)20-38-17-18-39-24-15-9-4-10-16-24/h2-16,19H,17-18,20H2,1H3,(H,31,32,33,36). The van der Waals surface area contributed by atoms with Gasteiger partial charge in [-0.15, -0.1) is 0 Å². The van der Waals surface area contributed by atoms with Gasteiger partial charge < -0.3 is 0 Å². The van der Waals surface area contributed by atoms with Crippen molar-refractivity contribution in [2.45, 2.75) is 19.0 Å². The molecule has 10 heteroatoms. The number of rotatable bonds is 10. The first kappa shape index (κ1) is 26.2. The molecular weight excluding hydrogens is 559 g/mol. The van der Waals surface area contributed by atoms with Crippen LogP contribution in [0.5, 0.6) is 0 Å². The predicted octanol–water partition coefficient (Wildman–Crippen LogP) is 4.19. The van der Waals surface area contributed by atoms with Crippen LogP contribution >= 0.6 is 0 Å². The molecule has 0 saturated carbocycles. The molecule has 2 heterocycles. The number of amides is 2. The number of aromatic nitrogens is 4. The molecule has 0 unspecified atom stereocenters. The molecule has 5 aromatic rings. The van der Waals surface area contributed by atoms with Crippen LogP contribution in [0.1, 0.15) is 17.4 Å². The number of benzene rings is 3. The molecule has 39 heavy (non-hydrogen) atoms. The molecule has 0 aliphatic carbocycles. The summed E-state index contributed by atoms with van der Waals surface area (Å²) in [5.41, 5.74) is 2.13. The van der Waals surface area contributed by atoms with Gasteiger partial charge in [-0.1, -0.05) is 36.4 Å². The van der Waals surface area contributed by atoms with E-state index in [1.54, 1.807) is 15.8 Å². The SMILES string of the molecule is CC(=O)Nc1nc(C(=O)N(c2ccccc2)c2ccccc2)c2ncn(COCC[Se]c3ccccc3)c2n1. The molecule has 9 nitrogen and oxygen atoms in total. The molecule has 196 valence electrons. The normalized spacial score (nSPS) is 10.9. The Morgan fingerprint density at radius 3 is 2.13 bits per heavy atom. The van der Waals surface area contributed by atoms with Crippen molar-refractivity contribution >= 4 is 59.7 Å². The van der Waals surface area contributed by atoms with Gasteiger partial charge >= 0.3 is 196 Å². The zero-order valence-electron chi connectivity index (χ0n) is 21.2. The number of imidazole rings is 1. The Bertz CT molecular complexity index is 1520. The molecule has 0 aliphatic rings. The Morgan fingerprint density at radius 2 is 1.51 bits per heavy atom. The summed E-state index contributed by atoms with van der Waals surface area (Å²) >= 11 is 0.316. The molecule has 0 aliphatic heterocycles. The van der Waals surface area contributed by atoms with Gasteiger partial charge in [0.2, 0.25) is 0 Å². The quantitative estimate of drug-likeness (QED) is 0.195. The van der Waals surface area contributed by atoms with Gasteiger partial charge in [-0.3, -0.25) is 0 Å². The monoisotopic (exact) mass is 586 g/mol. The van der Waals surface area contributed by atoms with Crippen LogP contribution in [0, 0.1) is 0 Å². The second-order valence-electron chi connectivity index (χ2n) is 8.47. The zero-order chi connectivity index (χ0) is 27.0. The molecule has 0 fully saturated rings. The Balaban J connectivity index is 1.44. The van der Waals surface area contributed by atoms with Gasteiger partial charge in [-0.25, -0.2) is 0 Å². The van der Waals surface area contributed by atoms with Crippen molar-refractivity contribution in [2.24, 2.45) is 0 Å². The summed E-state index contributed by atoms with van der Waals surface area (Å²) in [7, 11) is 0. The predicted molar refractivity (Wildman–Crippen MR) is 152 cm³/mol. The van der Waals surface area contributed by atoms with E-state index in [1.165, 1.54) is 11.4 Å². The van der Waals surface area contributed by atoms with Crippen molar-refractivity contribution in [3.05, 3.63) is 103 Å². The van der Waals surface area contributed by atoms with Gasteiger partial charge in [0.15, 0.2) is 0 Å². The summed E-state index contributed by atoms with van der Waals surface area (Å²) in [5, 5.41) is 3.53. The van der Waals surface area contributed by atoms with Gasteiger partial charge in [0, 0.05) is 0 Å². The number of nitrogens with zero attached hydrogens (tertiary/aromatic N) is 5. The molecule has 0 radical (unpaired) electrons. The van der Waals surface area contributed by atoms with Gasteiger partial charge in [0.1, 0.15) is 0 Å². The minimum atomic E-state index is -0.400. The summed E-state index contributed by atoms with van der Waals surface area (Å²) in [6, 6.07) is 29.0. The number of anilines is 3. The summed E-state index contributed by atoms with van der Waals surface area (Å²) in [6.45, 7) is 2.14. The van der Waals surface area contributed by atoms with Crippen molar-refractivity contribution in [3.8, 4) is 0 Å². The van der Waals surface area contributed by atoms with E-state index < -0.39 is 5.91 Å². The molecule has 2 amide bonds. The van der Waals surface area contributed by atoms with E-state index in [1.807, 2.05) is 78.9 Å². The molecule has 5 rings (SSSR count). The summed E-state index contributed by atoms with van der Waals surface area (Å²) in [5.74, 6) is -0.724. The molecule has 0 atom stereocenters. The fourth-order valence-corrected chi connectivity index (χ4v) is 5.59. The van der Waals surface area contributed by atoms with E-state index in [9.17, 15) is 9.59 Å². The van der Waals surface area contributed by atoms with Crippen LogP contribution in [0.25, 0.3) is 11.2 Å². The Morgan fingerprint density at radius 1 is 0.897 bits per heavy atom. The third-order valence-electron chi connectivity index (χ3n) is 5.66. The van der Waals surface area contributed by atoms with E-state index in [0.717, 1.165) is 5.32 Å². The van der Waals surface area contributed by atoms with Crippen LogP contribution < -0.4 is 14.7 Å². The fourth-order valence-electron chi connectivity index (χ4n) is 3.94. The van der Waals surface area contributed by atoms with Gasteiger partial charge in [0.25, 0.3) is 0 Å². The Kier molecular flexibility index (Phi) is 8.38. The van der Waals surface area contributed by atoms with Crippen molar-refractivity contribution in [3.63, 3.8) is 0 Å². The molecule has 0 saturated heterocycles. The van der Waals surface area contributed by atoms with Crippen LogP contribution in [0.15, 0.2) is 97.3 Å². The average molecular weight is 586 g/mol. The van der Waals surface area contributed by atoms with E-state index in [4.69, 9.17) is 4.74 Å². The minimum absolute atomic E-state index is 0.0218. The summed E-state index contributed by atoms with van der Waals surface area (Å²) in [6.07, 6.45) is 1.57. The first-order valence-electron chi connectivity index (χ1n) is 12.3. The number of carbonyl (C=O) groups excluding carboxylic acids is 2. The maximum atomic E-state index is 14.1. The Labute approximate surface area is 232 Å². The molecule has 0 spiro atoms. The van der Waals surface area contributed by atoms with E-state index >= 15 is 0 Å². The fraction of sp³-hybridized carbons (Fsp3) is 0.138. The first-order valence-corrected chi connectivity index (χ1v) is 14.4. The van der Waals surface area contributed by atoms with Gasteiger partial charge in [0.05, 0.1) is 0 Å². The van der Waals surface area contributed by atoms with Gasteiger partial charge in [-0.05, 0) is 0 Å². The van der Waals surface area contributed by atoms with E-state index in [-0.39, 0.29) is 24.3 Å². The molecule has 2 aromatic heterocycles. The molecular formula is C29H26N6O3Se. The average Bonchev–Trinajstić information content (AvgIpc) is 3.36. The van der Waals surface area contributed by atoms with Crippen LogP contribution in [0.3, 0.4) is 0 Å². The third kappa shape index (κ3) is 6.38. The van der Waals surface area contributed by atoms with Crippen LogP contribution in [-0.4, -0.2) is 52.9 Å². The summed E-state index contributed by atoms with van der Waals surface area (Å²) in [4.78, 5) is 40.9. The van der Waals surface area contributed by atoms with Crippen molar-refractivity contribution < 1.29 is 14.3 Å².